The first-order valence-electron chi connectivity index (χ1n) is 7.08. The Morgan fingerprint density at radius 2 is 1.95 bits per heavy atom. The molecule has 0 bridgehead atoms. The maximum absolute atomic E-state index is 8.61. The minimum atomic E-state index is 0.463. The van der Waals surface area contributed by atoms with E-state index in [2.05, 4.69) is 18.0 Å². The van der Waals surface area contributed by atoms with Crippen molar-refractivity contribution in [1.29, 1.82) is 5.26 Å². The van der Waals surface area contributed by atoms with Gasteiger partial charge in [-0.3, -0.25) is 0 Å². The molecule has 1 saturated carbocycles. The van der Waals surface area contributed by atoms with Crippen molar-refractivity contribution in [3.8, 4) is 11.8 Å². The van der Waals surface area contributed by atoms with E-state index in [-0.39, 0.29) is 0 Å². The first-order chi connectivity index (χ1) is 9.29. The van der Waals surface area contributed by atoms with Crippen LogP contribution in [0.3, 0.4) is 0 Å². The summed E-state index contributed by atoms with van der Waals surface area (Å²) < 4.78 is 5.74. The molecule has 0 amide bonds. The monoisotopic (exact) mass is 258 g/mol. The largest absolute Gasteiger partial charge is 0.492 e. The number of hydrogen-bond donors (Lipinski definition) is 0. The van der Waals surface area contributed by atoms with E-state index in [9.17, 15) is 0 Å². The fourth-order valence-corrected chi connectivity index (χ4v) is 2.63. The van der Waals surface area contributed by atoms with Gasteiger partial charge < -0.3 is 9.64 Å². The van der Waals surface area contributed by atoms with Crippen LogP contribution in [-0.2, 0) is 6.42 Å². The minimum Gasteiger partial charge on any atom is -0.492 e. The second kappa shape index (κ2) is 7.16. The Labute approximate surface area is 115 Å². The Bertz CT molecular complexity index is 415. The highest BCUT2D eigenvalue weighted by molar-refractivity contribution is 5.28. The van der Waals surface area contributed by atoms with Crippen LogP contribution in [0.25, 0.3) is 0 Å². The number of rotatable bonds is 6. The van der Waals surface area contributed by atoms with Gasteiger partial charge >= 0.3 is 0 Å². The van der Waals surface area contributed by atoms with Crippen LogP contribution < -0.4 is 4.74 Å². The summed E-state index contributed by atoms with van der Waals surface area (Å²) in [6, 6.07) is 10.7. The third-order valence-electron chi connectivity index (χ3n) is 3.87. The molecule has 0 aliphatic heterocycles. The first-order valence-corrected chi connectivity index (χ1v) is 7.08. The van der Waals surface area contributed by atoms with E-state index in [1.807, 2.05) is 24.3 Å². The SMILES string of the molecule is CN(CCOc1ccc(CC#N)cc1)C1CCCC1. The molecule has 1 fully saturated rings. The number of ether oxygens (including phenoxy) is 1. The highest BCUT2D eigenvalue weighted by atomic mass is 16.5. The lowest BCUT2D eigenvalue weighted by molar-refractivity contribution is 0.193. The van der Waals surface area contributed by atoms with Gasteiger partial charge in [0.05, 0.1) is 12.5 Å². The molecule has 0 spiro atoms. The van der Waals surface area contributed by atoms with Crippen LogP contribution in [0.15, 0.2) is 24.3 Å². The Morgan fingerprint density at radius 1 is 1.26 bits per heavy atom. The van der Waals surface area contributed by atoms with E-state index < -0.39 is 0 Å². The molecule has 0 atom stereocenters. The predicted molar refractivity (Wildman–Crippen MR) is 76.1 cm³/mol. The van der Waals surface area contributed by atoms with Crippen LogP contribution in [0.2, 0.25) is 0 Å². The molecule has 3 heteroatoms. The van der Waals surface area contributed by atoms with E-state index in [1.165, 1.54) is 25.7 Å². The Kier molecular flexibility index (Phi) is 5.23. The lowest BCUT2D eigenvalue weighted by Crippen LogP contribution is -2.32. The van der Waals surface area contributed by atoms with Gasteiger partial charge in [0, 0.05) is 12.6 Å². The zero-order chi connectivity index (χ0) is 13.5. The van der Waals surface area contributed by atoms with Crippen LogP contribution in [0.5, 0.6) is 5.75 Å². The molecular weight excluding hydrogens is 236 g/mol. The number of likely N-dealkylation sites (N-methyl/N-ethyl adjacent to an activating group) is 1. The van der Waals surface area contributed by atoms with Crippen molar-refractivity contribution in [2.24, 2.45) is 0 Å². The lowest BCUT2D eigenvalue weighted by Gasteiger charge is -2.23. The van der Waals surface area contributed by atoms with E-state index in [1.54, 1.807) is 0 Å². The van der Waals surface area contributed by atoms with E-state index in [0.29, 0.717) is 6.42 Å². The quantitative estimate of drug-likeness (QED) is 0.787. The Balaban J connectivity index is 1.71. The molecule has 102 valence electrons. The van der Waals surface area contributed by atoms with E-state index in [0.717, 1.165) is 30.5 Å². The van der Waals surface area contributed by atoms with Crippen LogP contribution in [0.1, 0.15) is 31.2 Å². The van der Waals surface area contributed by atoms with Crippen molar-refractivity contribution in [2.75, 3.05) is 20.2 Å². The molecule has 2 rings (SSSR count). The Morgan fingerprint density at radius 3 is 2.58 bits per heavy atom. The summed E-state index contributed by atoms with van der Waals surface area (Å²) in [6.07, 6.45) is 5.87. The molecule has 1 aromatic rings. The van der Waals surface area contributed by atoms with Crippen molar-refractivity contribution < 1.29 is 4.74 Å². The van der Waals surface area contributed by atoms with Gasteiger partial charge in [-0.05, 0) is 37.6 Å². The van der Waals surface area contributed by atoms with Crippen LogP contribution in [0.4, 0.5) is 0 Å². The zero-order valence-corrected chi connectivity index (χ0v) is 11.6. The van der Waals surface area contributed by atoms with Gasteiger partial charge in [0.1, 0.15) is 12.4 Å². The molecule has 19 heavy (non-hydrogen) atoms. The molecule has 0 unspecified atom stereocenters. The topological polar surface area (TPSA) is 36.3 Å². The maximum Gasteiger partial charge on any atom is 0.119 e. The average Bonchev–Trinajstić information content (AvgIpc) is 2.95. The molecule has 3 nitrogen and oxygen atoms in total. The molecule has 0 N–H and O–H groups in total. The molecule has 1 aliphatic rings. The standard InChI is InChI=1S/C16H22N2O/c1-18(15-4-2-3-5-15)12-13-19-16-8-6-14(7-9-16)10-11-17/h6-9,15H,2-5,10,12-13H2,1H3. The number of nitriles is 1. The number of benzene rings is 1. The van der Waals surface area contributed by atoms with E-state index >= 15 is 0 Å². The van der Waals surface area contributed by atoms with E-state index in [4.69, 9.17) is 10.00 Å². The molecular formula is C16H22N2O. The second-order valence-electron chi connectivity index (χ2n) is 5.25. The highest BCUT2D eigenvalue weighted by Gasteiger charge is 2.18. The van der Waals surface area contributed by atoms with Crippen molar-refractivity contribution in [3.05, 3.63) is 29.8 Å². The average molecular weight is 258 g/mol. The van der Waals surface area contributed by atoms with Crippen molar-refractivity contribution in [3.63, 3.8) is 0 Å². The molecule has 0 radical (unpaired) electrons. The summed E-state index contributed by atoms with van der Waals surface area (Å²) in [4.78, 5) is 2.41. The normalized spacial score (nSPS) is 15.6. The zero-order valence-electron chi connectivity index (χ0n) is 11.6. The van der Waals surface area contributed by atoms with Gasteiger partial charge in [-0.25, -0.2) is 0 Å². The summed E-state index contributed by atoms with van der Waals surface area (Å²) in [6.45, 7) is 1.70. The van der Waals surface area contributed by atoms with Gasteiger partial charge in [0.15, 0.2) is 0 Å². The van der Waals surface area contributed by atoms with Gasteiger partial charge in [0.25, 0.3) is 0 Å². The van der Waals surface area contributed by atoms with Crippen molar-refractivity contribution in [1.82, 2.24) is 4.90 Å². The third kappa shape index (κ3) is 4.25. The summed E-state index contributed by atoms with van der Waals surface area (Å²) in [5.41, 5.74) is 1.04. The number of nitrogens with zero attached hydrogens (tertiary/aromatic N) is 2. The highest BCUT2D eigenvalue weighted by Crippen LogP contribution is 2.22. The molecule has 0 aromatic heterocycles. The third-order valence-corrected chi connectivity index (χ3v) is 3.87. The van der Waals surface area contributed by atoms with Crippen LogP contribution in [-0.4, -0.2) is 31.1 Å². The van der Waals surface area contributed by atoms with Gasteiger partial charge in [-0.1, -0.05) is 25.0 Å². The first kappa shape index (κ1) is 13.9. The van der Waals surface area contributed by atoms with Crippen LogP contribution in [0, 0.1) is 11.3 Å². The predicted octanol–water partition coefficient (Wildman–Crippen LogP) is 3.01. The Hall–Kier alpha value is -1.53. The molecule has 0 heterocycles. The molecule has 0 saturated heterocycles. The number of hydrogen-bond acceptors (Lipinski definition) is 3. The lowest BCUT2D eigenvalue weighted by atomic mass is 10.2. The fraction of sp³-hybridized carbons (Fsp3) is 0.562. The van der Waals surface area contributed by atoms with Crippen molar-refractivity contribution in [2.45, 2.75) is 38.1 Å². The van der Waals surface area contributed by atoms with Gasteiger partial charge in [0.2, 0.25) is 0 Å². The molecule has 1 aromatic carbocycles. The summed E-state index contributed by atoms with van der Waals surface area (Å²) in [5.74, 6) is 0.890. The summed E-state index contributed by atoms with van der Waals surface area (Å²) >= 11 is 0. The van der Waals surface area contributed by atoms with Crippen molar-refractivity contribution >= 4 is 0 Å². The fourth-order valence-electron chi connectivity index (χ4n) is 2.63. The van der Waals surface area contributed by atoms with Gasteiger partial charge in [-0.15, -0.1) is 0 Å². The van der Waals surface area contributed by atoms with Gasteiger partial charge in [-0.2, -0.15) is 5.26 Å². The summed E-state index contributed by atoms with van der Waals surface area (Å²) in [5, 5.41) is 8.61. The summed E-state index contributed by atoms with van der Waals surface area (Å²) in [7, 11) is 2.19. The minimum absolute atomic E-state index is 0.463. The second-order valence-corrected chi connectivity index (χ2v) is 5.25. The van der Waals surface area contributed by atoms with Crippen LogP contribution >= 0.6 is 0 Å². The smallest absolute Gasteiger partial charge is 0.119 e. The molecule has 1 aliphatic carbocycles. The maximum atomic E-state index is 8.61.